The van der Waals surface area contributed by atoms with Crippen LogP contribution >= 0.6 is 46.4 Å². The smallest absolute Gasteiger partial charge is 0.302 e. The molecular weight excluding hydrogens is 1760 g/mol. The van der Waals surface area contributed by atoms with E-state index in [1.54, 1.807) is 83.4 Å². The van der Waals surface area contributed by atoms with Gasteiger partial charge >= 0.3 is 23.9 Å². The minimum Gasteiger partial charge on any atom is -0.497 e. The number of hydrogen-bond donors (Lipinski definition) is 4. The van der Waals surface area contributed by atoms with Crippen LogP contribution in [0.5, 0.6) is 11.5 Å². The highest BCUT2D eigenvalue weighted by atomic mass is 35.5. The van der Waals surface area contributed by atoms with Crippen LogP contribution in [0.3, 0.4) is 0 Å². The first-order chi connectivity index (χ1) is 63.2. The zero-order valence-corrected chi connectivity index (χ0v) is 79.7. The highest BCUT2D eigenvalue weighted by Gasteiger charge is 2.41. The molecule has 132 heavy (non-hydrogen) atoms. The zero-order chi connectivity index (χ0) is 95.0. The lowest BCUT2D eigenvalue weighted by Crippen LogP contribution is -2.32. The molecule has 8 atom stereocenters. The summed E-state index contributed by atoms with van der Waals surface area (Å²) in [6.45, 7) is 15.4. The van der Waals surface area contributed by atoms with Gasteiger partial charge in [0.15, 0.2) is 0 Å². The first-order valence-corrected chi connectivity index (χ1v) is 45.1. The lowest BCUT2D eigenvalue weighted by molar-refractivity contribution is -0.147. The van der Waals surface area contributed by atoms with Crippen LogP contribution in [0.4, 0.5) is 28.4 Å². The van der Waals surface area contributed by atoms with E-state index in [2.05, 4.69) is 21.3 Å². The van der Waals surface area contributed by atoms with Gasteiger partial charge in [0.25, 0.3) is 22.2 Å². The van der Waals surface area contributed by atoms with E-state index in [-0.39, 0.29) is 70.3 Å². The molecule has 0 saturated carbocycles. The molecule has 0 amide bonds. The van der Waals surface area contributed by atoms with Gasteiger partial charge < -0.3 is 54.6 Å². The van der Waals surface area contributed by atoms with Gasteiger partial charge in [0.1, 0.15) is 82.0 Å². The summed E-state index contributed by atoms with van der Waals surface area (Å²) in [5, 5.41) is 15.4. The summed E-state index contributed by atoms with van der Waals surface area (Å²) in [6.07, 6.45) is 2.93. The van der Waals surface area contributed by atoms with Gasteiger partial charge in [0, 0.05) is 129 Å². The molecule has 0 bridgehead atoms. The molecule has 0 aliphatic heterocycles. The van der Waals surface area contributed by atoms with E-state index in [4.69, 9.17) is 94.8 Å². The number of esters is 4. The van der Waals surface area contributed by atoms with E-state index < -0.39 is 24.4 Å². The average Bonchev–Trinajstić information content (AvgIpc) is 1.72. The summed E-state index contributed by atoms with van der Waals surface area (Å²) in [6, 6.07) is 52.1. The van der Waals surface area contributed by atoms with Crippen LogP contribution in [0.1, 0.15) is 152 Å². The summed E-state index contributed by atoms with van der Waals surface area (Å²) >= 11 is 25.5. The number of nitrogens with zero attached hydrogens (tertiary/aromatic N) is 9. The van der Waals surface area contributed by atoms with Gasteiger partial charge in [-0.2, -0.15) is 0 Å². The Balaban J connectivity index is 0.000000150. The number of halogens is 4. The Morgan fingerprint density at radius 1 is 0.371 bits per heavy atom. The molecule has 8 aromatic carbocycles. The minimum atomic E-state index is -0.412. The summed E-state index contributed by atoms with van der Waals surface area (Å²) in [5.41, 5.74) is 16.5. The van der Waals surface area contributed by atoms with Gasteiger partial charge in [-0.1, -0.05) is 171 Å². The fourth-order valence-corrected chi connectivity index (χ4v) is 18.4. The lowest BCUT2D eigenvalue weighted by atomic mass is 10.1. The molecule has 4 N–H and O–H groups in total. The van der Waals surface area contributed by atoms with Crippen molar-refractivity contribution in [2.45, 2.75) is 162 Å². The van der Waals surface area contributed by atoms with Crippen molar-refractivity contribution >= 4 is 98.7 Å². The molecule has 4 heterocycles. The van der Waals surface area contributed by atoms with Crippen LogP contribution in [0, 0.1) is 6.92 Å². The van der Waals surface area contributed by atoms with Crippen molar-refractivity contribution in [3.8, 4) is 57.1 Å². The molecule has 0 fully saturated rings. The Hall–Kier alpha value is -13.1. The maximum atomic E-state index is 13.6. The van der Waals surface area contributed by atoms with Crippen LogP contribution in [0.2, 0.25) is 20.1 Å². The second-order valence-corrected chi connectivity index (χ2v) is 34.5. The quantitative estimate of drug-likeness (QED) is 0.0341. The van der Waals surface area contributed by atoms with E-state index in [0.29, 0.717) is 163 Å². The number of aryl methyl sites for hydroxylation is 5. The number of nitrogens with one attached hydrogen (secondary N) is 4. The molecule has 0 spiro atoms. The van der Waals surface area contributed by atoms with Gasteiger partial charge in [-0.15, -0.1) is 0 Å². The van der Waals surface area contributed by atoms with Crippen molar-refractivity contribution in [3.63, 3.8) is 0 Å². The minimum absolute atomic E-state index is 0.168. The third-order valence-electron chi connectivity index (χ3n) is 24.0. The van der Waals surface area contributed by atoms with E-state index in [0.717, 1.165) is 67.1 Å². The molecule has 4 aliphatic rings. The molecule has 27 nitrogen and oxygen atoms in total. The molecule has 4 aromatic heterocycles. The topological polar surface area (TPSA) is 315 Å². The van der Waals surface area contributed by atoms with Gasteiger partial charge in [-0.3, -0.25) is 56.6 Å². The van der Waals surface area contributed by atoms with Crippen LogP contribution in [0.25, 0.3) is 45.6 Å². The summed E-state index contributed by atoms with van der Waals surface area (Å²) < 4.78 is 39.0. The highest BCUT2D eigenvalue weighted by Crippen LogP contribution is 2.43. The molecule has 688 valence electrons. The third kappa shape index (κ3) is 20.8. The number of rotatable bonds is 23. The Kier molecular flexibility index (Phi) is 30.7. The van der Waals surface area contributed by atoms with Crippen LogP contribution in [-0.4, -0.2) is 115 Å². The first kappa shape index (κ1) is 96.5. The van der Waals surface area contributed by atoms with Crippen molar-refractivity contribution in [2.24, 2.45) is 28.2 Å². The Morgan fingerprint density at radius 2 is 0.636 bits per heavy atom. The number of hydrogen-bond acceptors (Lipinski definition) is 23. The molecule has 12 aromatic rings. The first-order valence-electron chi connectivity index (χ1n) is 43.6. The van der Waals surface area contributed by atoms with Crippen LogP contribution in [0.15, 0.2) is 189 Å². The summed E-state index contributed by atoms with van der Waals surface area (Å²) in [5.74, 6) is 2.02. The van der Waals surface area contributed by atoms with Crippen molar-refractivity contribution in [2.75, 3.05) is 54.5 Å². The predicted molar refractivity (Wildman–Crippen MR) is 518 cm³/mol. The van der Waals surface area contributed by atoms with Gasteiger partial charge in [0.05, 0.1) is 76.2 Å². The van der Waals surface area contributed by atoms with Gasteiger partial charge in [-0.25, -0.2) is 19.9 Å². The molecular formula is C101H107Cl4N13O14. The number of benzene rings is 8. The molecule has 4 unspecified atom stereocenters. The van der Waals surface area contributed by atoms with Crippen molar-refractivity contribution in [1.29, 1.82) is 0 Å². The van der Waals surface area contributed by atoms with E-state index >= 15 is 0 Å². The second-order valence-electron chi connectivity index (χ2n) is 32.8. The number of ether oxygens (including phenoxy) is 6. The van der Waals surface area contributed by atoms with E-state index in [1.165, 1.54) is 41.4 Å². The lowest BCUT2D eigenvalue weighted by Gasteiger charge is -2.24. The number of fused-ring (bicyclic) bond motifs is 4. The molecule has 31 heteroatoms. The molecule has 0 saturated heterocycles. The number of methoxy groups -OCH3 is 2. The van der Waals surface area contributed by atoms with Crippen LogP contribution < -0.4 is 57.9 Å². The van der Waals surface area contributed by atoms with Gasteiger partial charge in [0.2, 0.25) is 0 Å². The number of anilines is 5. The third-order valence-corrected chi connectivity index (χ3v) is 25.1. The fraction of sp³-hybridized carbons (Fsp3) is 0.327. The monoisotopic (exact) mass is 1870 g/mol. The van der Waals surface area contributed by atoms with E-state index in [1.807, 2.05) is 187 Å². The highest BCUT2D eigenvalue weighted by molar-refractivity contribution is 6.36. The second kappa shape index (κ2) is 42.0. The number of carbonyl (C=O) groups is 4. The molecule has 4 aliphatic carbocycles. The fourth-order valence-electron chi connectivity index (χ4n) is 17.4. The standard InChI is InChI=1S/C26H29ClN4O3.C26H29N3O4.C25H26ClN3O4.C24H23Cl2N3O3/c1-6-21-24(29-23-18-10-8-7-9-16(18)13-22(23)34-15(2)32)26(33)31(5)25(28-21)19-12-11-17(30(3)4)14-20(19)27;1-6-21-24(28-23-20-10-8-7-9-17(20)14-22(23)33-16(3)30)26(31)29(4)25(27-21)19-12-11-18(32-5)13-15(19)2;1-5-20-23(28-22-17-9-7-6-8-15(17)12-21(22)33-14(2)30)25(31)29(3)24(27-20)18-11-10-16(32-4)13-19(18)26;1-4-19-22(24(31)29(3)23(27-19)17-10-9-15(25)12-18(17)26)28-21-16-8-6-5-7-14(16)11-20(21)32-13(2)30/h7-12,14,22-23,29H,6,13H2,1-5H3;7-13,22-23,28H,6,14H2,1-5H3;6-11,13,21-22,28H,5,12H2,1-4H3;5-10,12,20-21,28H,4,11H2,1-3H3/t2*22-,23?;21-,22?;20-,21?/m0000/s1. The maximum absolute atomic E-state index is 13.6. The van der Waals surface area contributed by atoms with Crippen molar-refractivity contribution in [3.05, 3.63) is 304 Å². The normalized spacial score (nSPS) is 16.9. The summed E-state index contributed by atoms with van der Waals surface area (Å²) in [7, 11) is 13.8. The Bertz CT molecular complexity index is 6480. The zero-order valence-electron chi connectivity index (χ0n) is 76.7. The van der Waals surface area contributed by atoms with Crippen LogP contribution in [-0.2, 0) is 118 Å². The number of carbonyl (C=O) groups excluding carboxylic acids is 4. The van der Waals surface area contributed by atoms with E-state index in [9.17, 15) is 38.4 Å². The largest absolute Gasteiger partial charge is 0.497 e. The SMILES string of the molecule is CCc1nc(-c2ccc(Cl)cc2Cl)n(C)c(=O)c1NC1c2ccccc2C[C@@H]1OC(C)=O.CCc1nc(-c2ccc(N(C)C)cc2Cl)n(C)c(=O)c1NC1c2ccccc2C[C@@H]1OC(C)=O.CCc1nc(-c2ccc(OC)cc2C)n(C)c(=O)c1NC1c2ccccc2C[C@@H]1OC(C)=O.CCc1nc(-c2ccc(OC)cc2Cl)n(C)c(=O)c1NC1c2ccccc2C[C@@H]1OC(C)=O. The number of aromatic nitrogens is 8. The Morgan fingerprint density at radius 3 is 0.902 bits per heavy atom. The summed E-state index contributed by atoms with van der Waals surface area (Å²) in [4.78, 5) is 122. The Labute approximate surface area is 785 Å². The maximum Gasteiger partial charge on any atom is 0.302 e. The predicted octanol–water partition coefficient (Wildman–Crippen LogP) is 17.6. The van der Waals surface area contributed by atoms with Gasteiger partial charge in [-0.05, 0) is 155 Å². The van der Waals surface area contributed by atoms with Crippen molar-refractivity contribution in [1.82, 2.24) is 38.2 Å². The van der Waals surface area contributed by atoms with Crippen molar-refractivity contribution < 1.29 is 47.6 Å². The molecule has 16 rings (SSSR count). The molecule has 0 radical (unpaired) electrons. The average molecular weight is 1870 g/mol.